The third kappa shape index (κ3) is 3.31. The van der Waals surface area contributed by atoms with E-state index in [4.69, 9.17) is 4.42 Å². The molecule has 0 fully saturated rings. The summed E-state index contributed by atoms with van der Waals surface area (Å²) < 4.78 is 5.95. The zero-order valence-corrected chi connectivity index (χ0v) is 13.2. The molecular weight excluding hydrogens is 246 g/mol. The van der Waals surface area contributed by atoms with Crippen molar-refractivity contribution in [2.75, 3.05) is 6.54 Å². The molecule has 1 aromatic heterocycles. The van der Waals surface area contributed by atoms with Gasteiger partial charge in [0.1, 0.15) is 11.5 Å². The van der Waals surface area contributed by atoms with Gasteiger partial charge in [-0.25, -0.2) is 0 Å². The average Bonchev–Trinajstić information content (AvgIpc) is 2.88. The van der Waals surface area contributed by atoms with Gasteiger partial charge in [-0.1, -0.05) is 52.0 Å². The van der Waals surface area contributed by atoms with E-state index in [0.29, 0.717) is 0 Å². The molecule has 2 nitrogen and oxygen atoms in total. The molecule has 0 aliphatic heterocycles. The van der Waals surface area contributed by atoms with Crippen LogP contribution in [-0.4, -0.2) is 6.54 Å². The van der Waals surface area contributed by atoms with Crippen molar-refractivity contribution in [1.82, 2.24) is 5.32 Å². The quantitative estimate of drug-likeness (QED) is 0.854. The van der Waals surface area contributed by atoms with E-state index in [1.54, 1.807) is 0 Å². The van der Waals surface area contributed by atoms with Crippen molar-refractivity contribution in [3.05, 3.63) is 47.7 Å². The summed E-state index contributed by atoms with van der Waals surface area (Å²) in [7, 11) is 0. The Kier molecular flexibility index (Phi) is 4.34. The van der Waals surface area contributed by atoms with Gasteiger partial charge in [0, 0.05) is 5.56 Å². The van der Waals surface area contributed by atoms with E-state index in [2.05, 4.69) is 76.3 Å². The Morgan fingerprint density at radius 1 is 1.05 bits per heavy atom. The SMILES string of the molecule is CCNC(C)c1ccc(-c2ccc(C(C)(C)C)cc2)o1. The number of nitrogens with one attached hydrogen (secondary N) is 1. The van der Waals surface area contributed by atoms with Crippen molar-refractivity contribution >= 4 is 0 Å². The van der Waals surface area contributed by atoms with Gasteiger partial charge in [-0.3, -0.25) is 0 Å². The molecule has 2 aromatic rings. The van der Waals surface area contributed by atoms with Crippen LogP contribution in [0.2, 0.25) is 0 Å². The molecule has 0 radical (unpaired) electrons. The second kappa shape index (κ2) is 5.84. The van der Waals surface area contributed by atoms with E-state index in [9.17, 15) is 0 Å². The minimum Gasteiger partial charge on any atom is -0.459 e. The van der Waals surface area contributed by atoms with Crippen molar-refractivity contribution in [3.8, 4) is 11.3 Å². The Morgan fingerprint density at radius 3 is 2.25 bits per heavy atom. The number of hydrogen-bond donors (Lipinski definition) is 1. The summed E-state index contributed by atoms with van der Waals surface area (Å²) in [5.74, 6) is 1.92. The summed E-state index contributed by atoms with van der Waals surface area (Å²) in [5.41, 5.74) is 2.66. The Morgan fingerprint density at radius 2 is 1.70 bits per heavy atom. The molecule has 0 aliphatic rings. The lowest BCUT2D eigenvalue weighted by molar-refractivity contribution is 0.445. The summed E-state index contributed by atoms with van der Waals surface area (Å²) in [6.07, 6.45) is 0. The van der Waals surface area contributed by atoms with Crippen LogP contribution in [0.15, 0.2) is 40.8 Å². The highest BCUT2D eigenvalue weighted by Crippen LogP contribution is 2.28. The smallest absolute Gasteiger partial charge is 0.134 e. The normalized spacial score (nSPS) is 13.4. The van der Waals surface area contributed by atoms with Crippen molar-refractivity contribution < 1.29 is 4.42 Å². The maximum atomic E-state index is 5.95. The topological polar surface area (TPSA) is 25.2 Å². The zero-order valence-electron chi connectivity index (χ0n) is 13.2. The number of hydrogen-bond acceptors (Lipinski definition) is 2. The Labute approximate surface area is 122 Å². The summed E-state index contributed by atoms with van der Waals surface area (Å²) in [6.45, 7) is 11.8. The van der Waals surface area contributed by atoms with E-state index in [0.717, 1.165) is 23.6 Å². The van der Waals surface area contributed by atoms with Gasteiger partial charge in [0.15, 0.2) is 0 Å². The Balaban J connectivity index is 2.20. The fourth-order valence-electron chi connectivity index (χ4n) is 2.28. The van der Waals surface area contributed by atoms with Gasteiger partial charge in [-0.2, -0.15) is 0 Å². The molecule has 20 heavy (non-hydrogen) atoms. The molecule has 1 atom stereocenters. The van der Waals surface area contributed by atoms with Gasteiger partial charge in [0.2, 0.25) is 0 Å². The minimum atomic E-state index is 0.187. The van der Waals surface area contributed by atoms with Crippen molar-refractivity contribution in [2.45, 2.75) is 46.1 Å². The van der Waals surface area contributed by atoms with Crippen LogP contribution in [-0.2, 0) is 5.41 Å². The molecule has 0 saturated carbocycles. The first kappa shape index (κ1) is 14.9. The van der Waals surface area contributed by atoms with Gasteiger partial charge in [0.05, 0.1) is 6.04 Å². The van der Waals surface area contributed by atoms with Crippen LogP contribution in [0.25, 0.3) is 11.3 Å². The predicted molar refractivity (Wildman–Crippen MR) is 84.9 cm³/mol. The second-order valence-electron chi connectivity index (χ2n) is 6.31. The minimum absolute atomic E-state index is 0.187. The Bertz CT molecular complexity index is 546. The zero-order chi connectivity index (χ0) is 14.8. The van der Waals surface area contributed by atoms with Crippen LogP contribution in [0.3, 0.4) is 0 Å². The van der Waals surface area contributed by atoms with Crippen LogP contribution < -0.4 is 5.32 Å². The molecule has 108 valence electrons. The van der Waals surface area contributed by atoms with E-state index < -0.39 is 0 Å². The standard InChI is InChI=1S/C18H25NO/c1-6-19-13(2)16-11-12-17(20-16)14-7-9-15(10-8-14)18(3,4)5/h7-13,19H,6H2,1-5H3. The monoisotopic (exact) mass is 271 g/mol. The lowest BCUT2D eigenvalue weighted by atomic mass is 9.86. The second-order valence-corrected chi connectivity index (χ2v) is 6.31. The Hall–Kier alpha value is -1.54. The van der Waals surface area contributed by atoms with Gasteiger partial charge >= 0.3 is 0 Å². The van der Waals surface area contributed by atoms with Crippen LogP contribution in [0, 0.1) is 0 Å². The molecular formula is C18H25NO. The number of furan rings is 1. The fourth-order valence-corrected chi connectivity index (χ4v) is 2.28. The van der Waals surface area contributed by atoms with E-state index in [1.165, 1.54) is 5.56 Å². The summed E-state index contributed by atoms with van der Waals surface area (Å²) >= 11 is 0. The molecule has 0 bridgehead atoms. The van der Waals surface area contributed by atoms with E-state index in [1.807, 2.05) is 0 Å². The highest BCUT2D eigenvalue weighted by molar-refractivity contribution is 5.58. The molecule has 1 unspecified atom stereocenters. The first-order valence-corrected chi connectivity index (χ1v) is 7.36. The lowest BCUT2D eigenvalue weighted by Crippen LogP contribution is -2.16. The van der Waals surface area contributed by atoms with Gasteiger partial charge in [-0.05, 0) is 36.6 Å². The van der Waals surface area contributed by atoms with Crippen LogP contribution in [0.5, 0.6) is 0 Å². The van der Waals surface area contributed by atoms with Crippen LogP contribution >= 0.6 is 0 Å². The summed E-state index contributed by atoms with van der Waals surface area (Å²) in [6, 6.07) is 13.0. The van der Waals surface area contributed by atoms with Gasteiger partial charge in [-0.15, -0.1) is 0 Å². The van der Waals surface area contributed by atoms with Crippen molar-refractivity contribution in [2.24, 2.45) is 0 Å². The maximum Gasteiger partial charge on any atom is 0.134 e. The van der Waals surface area contributed by atoms with Crippen molar-refractivity contribution in [1.29, 1.82) is 0 Å². The highest BCUT2D eigenvalue weighted by atomic mass is 16.3. The molecule has 0 aliphatic carbocycles. The third-order valence-corrected chi connectivity index (χ3v) is 3.60. The molecule has 0 amide bonds. The fraction of sp³-hybridized carbons (Fsp3) is 0.444. The molecule has 2 heteroatoms. The molecule has 0 spiro atoms. The van der Waals surface area contributed by atoms with Crippen molar-refractivity contribution in [3.63, 3.8) is 0 Å². The highest BCUT2D eigenvalue weighted by Gasteiger charge is 2.14. The van der Waals surface area contributed by atoms with Crippen LogP contribution in [0.1, 0.15) is 52.0 Å². The van der Waals surface area contributed by atoms with Gasteiger partial charge < -0.3 is 9.73 Å². The first-order valence-electron chi connectivity index (χ1n) is 7.36. The third-order valence-electron chi connectivity index (χ3n) is 3.60. The summed E-state index contributed by atoms with van der Waals surface area (Å²) in [4.78, 5) is 0. The van der Waals surface area contributed by atoms with Gasteiger partial charge in [0.25, 0.3) is 0 Å². The molecule has 1 heterocycles. The molecule has 2 rings (SSSR count). The summed E-state index contributed by atoms with van der Waals surface area (Å²) in [5, 5.41) is 3.36. The molecule has 1 N–H and O–H groups in total. The molecule has 0 saturated heterocycles. The largest absolute Gasteiger partial charge is 0.459 e. The number of benzene rings is 1. The molecule has 1 aromatic carbocycles. The average molecular weight is 271 g/mol. The van der Waals surface area contributed by atoms with E-state index in [-0.39, 0.29) is 11.5 Å². The van der Waals surface area contributed by atoms with E-state index >= 15 is 0 Å². The number of rotatable bonds is 4. The predicted octanol–water partition coefficient (Wildman–Crippen LogP) is 4.91. The maximum absolute atomic E-state index is 5.95. The lowest BCUT2D eigenvalue weighted by Gasteiger charge is -2.18. The first-order chi connectivity index (χ1) is 9.41. The van der Waals surface area contributed by atoms with Crippen LogP contribution in [0.4, 0.5) is 0 Å².